The standard InChI is InChI=1S/C15H15BrFN3O/c1-3-18-14-13(7-11(17)8-19-14)15(21)20-12-5-9(2)4-10(16)6-12/h4-8H,3H2,1-2H3,(H,18,19)(H,20,21). The van der Waals surface area contributed by atoms with E-state index in [4.69, 9.17) is 0 Å². The zero-order valence-corrected chi connectivity index (χ0v) is 13.3. The highest BCUT2D eigenvalue weighted by Crippen LogP contribution is 2.21. The van der Waals surface area contributed by atoms with Crippen LogP contribution in [0.1, 0.15) is 22.8 Å². The molecule has 1 amide bonds. The van der Waals surface area contributed by atoms with Crippen molar-refractivity contribution in [1.82, 2.24) is 4.98 Å². The van der Waals surface area contributed by atoms with Crippen LogP contribution in [0.5, 0.6) is 0 Å². The zero-order chi connectivity index (χ0) is 15.4. The third-order valence-electron chi connectivity index (χ3n) is 2.74. The molecule has 0 radical (unpaired) electrons. The van der Waals surface area contributed by atoms with Crippen LogP contribution in [-0.2, 0) is 0 Å². The topological polar surface area (TPSA) is 54.0 Å². The Morgan fingerprint density at radius 2 is 2.10 bits per heavy atom. The first-order chi connectivity index (χ1) is 9.99. The highest BCUT2D eigenvalue weighted by molar-refractivity contribution is 9.10. The van der Waals surface area contributed by atoms with Gasteiger partial charge in [-0.3, -0.25) is 4.79 Å². The predicted molar refractivity (Wildman–Crippen MR) is 85.2 cm³/mol. The minimum Gasteiger partial charge on any atom is -0.370 e. The summed E-state index contributed by atoms with van der Waals surface area (Å²) in [7, 11) is 0. The van der Waals surface area contributed by atoms with E-state index in [1.807, 2.05) is 26.0 Å². The molecule has 0 atom stereocenters. The van der Waals surface area contributed by atoms with Crippen LogP contribution in [0.25, 0.3) is 0 Å². The monoisotopic (exact) mass is 351 g/mol. The van der Waals surface area contributed by atoms with Crippen LogP contribution in [0.15, 0.2) is 34.9 Å². The Morgan fingerprint density at radius 3 is 2.76 bits per heavy atom. The van der Waals surface area contributed by atoms with E-state index in [9.17, 15) is 9.18 Å². The van der Waals surface area contributed by atoms with Crippen molar-refractivity contribution >= 4 is 33.3 Å². The molecule has 110 valence electrons. The van der Waals surface area contributed by atoms with E-state index in [1.165, 1.54) is 6.07 Å². The summed E-state index contributed by atoms with van der Waals surface area (Å²) in [6.45, 7) is 4.40. The Morgan fingerprint density at radius 1 is 1.33 bits per heavy atom. The summed E-state index contributed by atoms with van der Waals surface area (Å²) in [5, 5.41) is 5.70. The first-order valence-corrected chi connectivity index (χ1v) is 7.27. The molecule has 1 heterocycles. The lowest BCUT2D eigenvalue weighted by Gasteiger charge is -2.11. The van der Waals surface area contributed by atoms with Crippen LogP contribution < -0.4 is 10.6 Å². The van der Waals surface area contributed by atoms with Gasteiger partial charge in [-0.15, -0.1) is 0 Å². The molecule has 0 fully saturated rings. The minimum absolute atomic E-state index is 0.175. The Kier molecular flexibility index (Phi) is 4.90. The average Bonchev–Trinajstić information content (AvgIpc) is 2.39. The van der Waals surface area contributed by atoms with Gasteiger partial charge in [0, 0.05) is 16.7 Å². The number of amides is 1. The molecule has 1 aromatic carbocycles. The van der Waals surface area contributed by atoms with Crippen LogP contribution in [-0.4, -0.2) is 17.4 Å². The van der Waals surface area contributed by atoms with E-state index in [2.05, 4.69) is 31.5 Å². The number of hydrogen-bond acceptors (Lipinski definition) is 3. The summed E-state index contributed by atoms with van der Waals surface area (Å²) in [5.41, 5.74) is 1.82. The van der Waals surface area contributed by atoms with Crippen molar-refractivity contribution in [2.45, 2.75) is 13.8 Å². The van der Waals surface area contributed by atoms with Gasteiger partial charge in [0.25, 0.3) is 5.91 Å². The predicted octanol–water partition coefficient (Wildman–Crippen LogP) is 3.98. The molecule has 0 bridgehead atoms. The molecule has 0 aliphatic carbocycles. The summed E-state index contributed by atoms with van der Waals surface area (Å²) in [6, 6.07) is 6.72. The molecule has 1 aromatic heterocycles. The van der Waals surface area contributed by atoms with E-state index in [1.54, 1.807) is 6.07 Å². The number of nitrogens with one attached hydrogen (secondary N) is 2. The molecule has 2 aromatic rings. The molecule has 0 spiro atoms. The van der Waals surface area contributed by atoms with Gasteiger partial charge in [0.2, 0.25) is 0 Å². The second-order valence-corrected chi connectivity index (χ2v) is 5.47. The first kappa shape index (κ1) is 15.4. The number of halogens is 2. The molecular formula is C15H15BrFN3O. The van der Waals surface area contributed by atoms with Gasteiger partial charge in [0.15, 0.2) is 0 Å². The van der Waals surface area contributed by atoms with Gasteiger partial charge in [-0.1, -0.05) is 15.9 Å². The number of hydrogen-bond donors (Lipinski definition) is 2. The Bertz CT molecular complexity index is 656. The van der Waals surface area contributed by atoms with Gasteiger partial charge in [0.1, 0.15) is 11.6 Å². The fraction of sp³-hybridized carbons (Fsp3) is 0.200. The molecule has 21 heavy (non-hydrogen) atoms. The SMILES string of the molecule is CCNc1ncc(F)cc1C(=O)Nc1cc(C)cc(Br)c1. The quantitative estimate of drug-likeness (QED) is 0.875. The van der Waals surface area contributed by atoms with Crippen molar-refractivity contribution in [2.75, 3.05) is 17.2 Å². The molecule has 0 saturated carbocycles. The maximum Gasteiger partial charge on any atom is 0.259 e. The molecule has 2 rings (SSSR count). The smallest absolute Gasteiger partial charge is 0.259 e. The first-order valence-electron chi connectivity index (χ1n) is 6.47. The van der Waals surface area contributed by atoms with Crippen molar-refractivity contribution in [2.24, 2.45) is 0 Å². The van der Waals surface area contributed by atoms with Crippen molar-refractivity contribution < 1.29 is 9.18 Å². The largest absolute Gasteiger partial charge is 0.370 e. The van der Waals surface area contributed by atoms with E-state index < -0.39 is 11.7 Å². The fourth-order valence-corrected chi connectivity index (χ4v) is 2.54. The number of rotatable bonds is 4. The van der Waals surface area contributed by atoms with Crippen molar-refractivity contribution in [1.29, 1.82) is 0 Å². The van der Waals surface area contributed by atoms with Crippen molar-refractivity contribution in [3.63, 3.8) is 0 Å². The normalized spacial score (nSPS) is 10.3. The number of aromatic nitrogens is 1. The Balaban J connectivity index is 2.29. The number of nitrogens with zero attached hydrogens (tertiary/aromatic N) is 1. The summed E-state index contributed by atoms with van der Waals surface area (Å²) in [6.07, 6.45) is 1.08. The van der Waals surface area contributed by atoms with Gasteiger partial charge in [-0.25, -0.2) is 9.37 Å². The van der Waals surface area contributed by atoms with Crippen LogP contribution >= 0.6 is 15.9 Å². The second kappa shape index (κ2) is 6.67. The minimum atomic E-state index is -0.549. The van der Waals surface area contributed by atoms with E-state index in [0.29, 0.717) is 18.1 Å². The molecule has 2 N–H and O–H groups in total. The third kappa shape index (κ3) is 4.01. The van der Waals surface area contributed by atoms with E-state index in [-0.39, 0.29) is 5.56 Å². The van der Waals surface area contributed by atoms with Crippen molar-refractivity contribution in [3.8, 4) is 0 Å². The Labute approximate surface area is 130 Å². The molecule has 0 saturated heterocycles. The van der Waals surface area contributed by atoms with Gasteiger partial charge in [0.05, 0.1) is 11.8 Å². The number of anilines is 2. The maximum absolute atomic E-state index is 13.3. The van der Waals surface area contributed by atoms with E-state index >= 15 is 0 Å². The van der Waals surface area contributed by atoms with Crippen LogP contribution in [0, 0.1) is 12.7 Å². The number of pyridine rings is 1. The Hall–Kier alpha value is -1.95. The number of aryl methyl sites for hydroxylation is 1. The van der Waals surface area contributed by atoms with Crippen molar-refractivity contribution in [3.05, 3.63) is 51.9 Å². The third-order valence-corrected chi connectivity index (χ3v) is 3.20. The maximum atomic E-state index is 13.3. The average molecular weight is 352 g/mol. The van der Waals surface area contributed by atoms with Gasteiger partial charge >= 0.3 is 0 Å². The number of carbonyl (C=O) groups excluding carboxylic acids is 1. The molecule has 4 nitrogen and oxygen atoms in total. The highest BCUT2D eigenvalue weighted by atomic mass is 79.9. The molecular weight excluding hydrogens is 337 g/mol. The lowest BCUT2D eigenvalue weighted by Crippen LogP contribution is -2.16. The molecule has 0 aliphatic rings. The number of carbonyl (C=O) groups is 1. The van der Waals surface area contributed by atoms with Gasteiger partial charge in [-0.2, -0.15) is 0 Å². The summed E-state index contributed by atoms with van der Waals surface area (Å²) in [4.78, 5) is 16.2. The van der Waals surface area contributed by atoms with Crippen LogP contribution in [0.3, 0.4) is 0 Å². The fourth-order valence-electron chi connectivity index (χ4n) is 1.93. The zero-order valence-electron chi connectivity index (χ0n) is 11.7. The molecule has 0 unspecified atom stereocenters. The molecule has 6 heteroatoms. The lowest BCUT2D eigenvalue weighted by atomic mass is 10.2. The lowest BCUT2D eigenvalue weighted by molar-refractivity contribution is 0.102. The highest BCUT2D eigenvalue weighted by Gasteiger charge is 2.14. The second-order valence-electron chi connectivity index (χ2n) is 4.55. The number of benzene rings is 1. The van der Waals surface area contributed by atoms with Gasteiger partial charge < -0.3 is 10.6 Å². The molecule has 0 aliphatic heterocycles. The van der Waals surface area contributed by atoms with Gasteiger partial charge in [-0.05, 0) is 43.7 Å². The van der Waals surface area contributed by atoms with Crippen LogP contribution in [0.4, 0.5) is 15.9 Å². The van der Waals surface area contributed by atoms with Crippen LogP contribution in [0.2, 0.25) is 0 Å². The summed E-state index contributed by atoms with van der Waals surface area (Å²) < 4.78 is 14.2. The van der Waals surface area contributed by atoms with E-state index in [0.717, 1.165) is 16.2 Å². The summed E-state index contributed by atoms with van der Waals surface area (Å²) in [5.74, 6) is -0.592. The summed E-state index contributed by atoms with van der Waals surface area (Å²) >= 11 is 3.37.